The van der Waals surface area contributed by atoms with Gasteiger partial charge in [0.25, 0.3) is 0 Å². The molecule has 0 radical (unpaired) electrons. The van der Waals surface area contributed by atoms with E-state index in [4.69, 9.17) is 29.4 Å². The summed E-state index contributed by atoms with van der Waals surface area (Å²) in [5.74, 6) is -1.78. The highest BCUT2D eigenvalue weighted by atomic mass is 31.2. The van der Waals surface area contributed by atoms with E-state index in [-0.39, 0.29) is 13.0 Å². The second-order valence-corrected chi connectivity index (χ2v) is 19.1. The maximum Gasteiger partial charge on any atom is 0.472 e. The lowest BCUT2D eigenvalue weighted by molar-refractivity contribution is -0.154. The molecule has 0 aromatic heterocycles. The highest BCUT2D eigenvalue weighted by Crippen LogP contribution is 2.43. The average molecular weight is 936 g/mol. The second-order valence-electron chi connectivity index (χ2n) is 17.6. The fourth-order valence-electron chi connectivity index (χ4n) is 7.24. The first kappa shape index (κ1) is 62.7. The van der Waals surface area contributed by atoms with Crippen LogP contribution in [0.4, 0.5) is 0 Å². The van der Waals surface area contributed by atoms with E-state index < -0.39 is 45.1 Å². The van der Waals surface area contributed by atoms with Crippen LogP contribution < -0.4 is 5.73 Å². The Labute approximate surface area is 398 Å². The average Bonchev–Trinajstić information content (AvgIpc) is 3.29. The Morgan fingerprint density at radius 1 is 0.508 bits per heavy atom. The lowest BCUT2D eigenvalue weighted by atomic mass is 10.1. The van der Waals surface area contributed by atoms with Crippen LogP contribution in [-0.2, 0) is 32.7 Å². The zero-order chi connectivity index (χ0) is 47.6. The summed E-state index contributed by atoms with van der Waals surface area (Å²) in [6.07, 6.45) is 61.3. The van der Waals surface area contributed by atoms with Gasteiger partial charge in [0.2, 0.25) is 0 Å². The summed E-state index contributed by atoms with van der Waals surface area (Å²) in [4.78, 5) is 33.7. The van der Waals surface area contributed by atoms with Gasteiger partial charge in [0.15, 0.2) is 0 Å². The van der Waals surface area contributed by atoms with Gasteiger partial charge in [0.05, 0.1) is 19.8 Å². The Bertz CT molecular complexity index is 1270. The van der Waals surface area contributed by atoms with Crippen molar-refractivity contribution in [2.75, 3.05) is 26.4 Å². The lowest BCUT2D eigenvalue weighted by Gasteiger charge is -2.20. The highest BCUT2D eigenvalue weighted by molar-refractivity contribution is 7.47. The molecule has 378 valence electrons. The quantitative estimate of drug-likeness (QED) is 0.0232. The molecule has 0 aliphatic carbocycles. The summed E-state index contributed by atoms with van der Waals surface area (Å²) in [6, 6.07) is -1.48. The zero-order valence-electron chi connectivity index (χ0n) is 41.6. The van der Waals surface area contributed by atoms with Crippen LogP contribution in [0.25, 0.3) is 0 Å². The summed E-state index contributed by atoms with van der Waals surface area (Å²) in [5, 5.41) is 8.94. The minimum atomic E-state index is -4.63. The molecule has 0 spiro atoms. The Morgan fingerprint density at radius 2 is 0.892 bits per heavy atom. The molecule has 3 atom stereocenters. The molecule has 10 nitrogen and oxygen atoms in total. The first-order valence-corrected chi connectivity index (χ1v) is 27.8. The van der Waals surface area contributed by atoms with E-state index in [9.17, 15) is 19.0 Å². The molecule has 0 amide bonds. The molecule has 0 rings (SSSR count). The van der Waals surface area contributed by atoms with Crippen LogP contribution in [0.15, 0.2) is 60.8 Å². The first-order chi connectivity index (χ1) is 31.7. The van der Waals surface area contributed by atoms with E-state index in [0.29, 0.717) is 13.0 Å². The standard InChI is InChI=1S/C54H98NO9P/c1-3-5-7-9-11-13-15-17-19-21-23-24-25-26-27-29-31-33-35-37-39-41-43-45-47-61-48-51(49-62-65(59,60)63-50-52(55)54(57)58)64-53(56)46-44-42-40-38-36-34-32-30-28-22-20-18-16-14-12-10-8-6-4-2/h5,7,11,13,17-20,23-24,51-52H,3-4,6,8-10,12,14-16,21-22,25-50,55H2,1-2H3,(H,57,58)(H,59,60)/b7-5-,13-11-,19-17-,20-18-,24-23-. The van der Waals surface area contributed by atoms with E-state index in [2.05, 4.69) is 74.6 Å². The number of unbranched alkanes of at least 4 members (excludes halogenated alkanes) is 26. The van der Waals surface area contributed by atoms with Crippen molar-refractivity contribution in [1.29, 1.82) is 0 Å². The van der Waals surface area contributed by atoms with Crippen molar-refractivity contribution in [3.05, 3.63) is 60.8 Å². The SMILES string of the molecule is CC/C=C\C/C=C\C/C=C\C/C=C\CCCCCCCCCCCCCOCC(COP(=O)(O)OCC(N)C(=O)O)OC(=O)CCCCCCCCCCC/C=C\CCCCCCCC. The van der Waals surface area contributed by atoms with E-state index in [0.717, 1.165) is 64.2 Å². The van der Waals surface area contributed by atoms with Gasteiger partial charge in [-0.2, -0.15) is 0 Å². The topological polar surface area (TPSA) is 155 Å². The van der Waals surface area contributed by atoms with Gasteiger partial charge in [0, 0.05) is 13.0 Å². The van der Waals surface area contributed by atoms with Crippen molar-refractivity contribution >= 4 is 19.8 Å². The Kier molecular flexibility index (Phi) is 47.8. The summed E-state index contributed by atoms with van der Waals surface area (Å²) in [5.41, 5.74) is 5.38. The third-order valence-electron chi connectivity index (χ3n) is 11.3. The molecule has 3 unspecified atom stereocenters. The van der Waals surface area contributed by atoms with Gasteiger partial charge in [-0.25, -0.2) is 4.57 Å². The minimum Gasteiger partial charge on any atom is -0.480 e. The number of nitrogens with two attached hydrogens (primary N) is 1. The van der Waals surface area contributed by atoms with Crippen molar-refractivity contribution in [3.8, 4) is 0 Å². The summed E-state index contributed by atoms with van der Waals surface area (Å²) < 4.78 is 33.5. The lowest BCUT2D eigenvalue weighted by Crippen LogP contribution is -2.34. The van der Waals surface area contributed by atoms with Crippen LogP contribution in [0, 0.1) is 0 Å². The maximum atomic E-state index is 12.7. The fraction of sp³-hybridized carbons (Fsp3) is 0.778. The Hall–Kier alpha value is -2.33. The number of phosphoric acid groups is 1. The van der Waals surface area contributed by atoms with Crippen molar-refractivity contribution in [1.82, 2.24) is 0 Å². The summed E-state index contributed by atoms with van der Waals surface area (Å²) in [7, 11) is -4.63. The van der Waals surface area contributed by atoms with Crippen LogP contribution in [-0.4, -0.2) is 60.5 Å². The Morgan fingerprint density at radius 3 is 1.35 bits per heavy atom. The van der Waals surface area contributed by atoms with Crippen LogP contribution in [0.1, 0.15) is 232 Å². The molecule has 0 heterocycles. The van der Waals surface area contributed by atoms with Crippen molar-refractivity contribution in [3.63, 3.8) is 0 Å². The number of hydrogen-bond donors (Lipinski definition) is 3. The van der Waals surface area contributed by atoms with Gasteiger partial charge in [-0.3, -0.25) is 18.6 Å². The molecular formula is C54H98NO9P. The number of allylic oxidation sites excluding steroid dienone is 10. The molecule has 4 N–H and O–H groups in total. The fourth-order valence-corrected chi connectivity index (χ4v) is 8.02. The Balaban J connectivity index is 4.12. The van der Waals surface area contributed by atoms with E-state index in [1.165, 1.54) is 141 Å². The van der Waals surface area contributed by atoms with E-state index in [1.54, 1.807) is 0 Å². The molecule has 0 aromatic rings. The molecule has 0 fully saturated rings. The number of aliphatic carboxylic acids is 1. The van der Waals surface area contributed by atoms with E-state index in [1.807, 2.05) is 0 Å². The number of ether oxygens (including phenoxy) is 2. The number of phosphoric ester groups is 1. The second kappa shape index (κ2) is 49.6. The number of hydrogen-bond acceptors (Lipinski definition) is 8. The van der Waals surface area contributed by atoms with Gasteiger partial charge >= 0.3 is 19.8 Å². The van der Waals surface area contributed by atoms with Gasteiger partial charge in [-0.15, -0.1) is 0 Å². The molecule has 65 heavy (non-hydrogen) atoms. The number of esters is 1. The van der Waals surface area contributed by atoms with Gasteiger partial charge in [0.1, 0.15) is 12.1 Å². The smallest absolute Gasteiger partial charge is 0.472 e. The molecule has 0 bridgehead atoms. The van der Waals surface area contributed by atoms with Crippen LogP contribution >= 0.6 is 7.82 Å². The largest absolute Gasteiger partial charge is 0.480 e. The molecule has 11 heteroatoms. The first-order valence-electron chi connectivity index (χ1n) is 26.3. The minimum absolute atomic E-state index is 0.0132. The monoisotopic (exact) mass is 936 g/mol. The molecule has 0 saturated carbocycles. The van der Waals surface area contributed by atoms with E-state index >= 15 is 0 Å². The number of carboxylic acid groups (broad SMARTS) is 1. The number of carboxylic acids is 1. The summed E-state index contributed by atoms with van der Waals surface area (Å²) in [6.45, 7) is 3.78. The van der Waals surface area contributed by atoms with Crippen LogP contribution in [0.5, 0.6) is 0 Å². The van der Waals surface area contributed by atoms with Crippen LogP contribution in [0.3, 0.4) is 0 Å². The molecule has 0 aromatic carbocycles. The third kappa shape index (κ3) is 49.4. The van der Waals surface area contributed by atoms with Gasteiger partial charge in [-0.1, -0.05) is 209 Å². The number of rotatable bonds is 50. The number of carbonyl (C=O) groups excluding carboxylic acids is 1. The molecule has 0 saturated heterocycles. The molecule has 0 aliphatic rings. The molecule has 0 aliphatic heterocycles. The van der Waals surface area contributed by atoms with Crippen molar-refractivity contribution in [2.45, 2.75) is 244 Å². The van der Waals surface area contributed by atoms with Crippen LogP contribution in [0.2, 0.25) is 0 Å². The highest BCUT2D eigenvalue weighted by Gasteiger charge is 2.27. The summed E-state index contributed by atoms with van der Waals surface area (Å²) >= 11 is 0. The normalized spacial score (nSPS) is 14.2. The zero-order valence-corrected chi connectivity index (χ0v) is 42.5. The maximum absolute atomic E-state index is 12.7. The van der Waals surface area contributed by atoms with Crippen molar-refractivity contribution < 1.29 is 42.7 Å². The van der Waals surface area contributed by atoms with Crippen molar-refractivity contribution in [2.24, 2.45) is 5.73 Å². The third-order valence-corrected chi connectivity index (χ3v) is 12.2. The molecular weight excluding hydrogens is 838 g/mol. The predicted octanol–water partition coefficient (Wildman–Crippen LogP) is 15.5. The van der Waals surface area contributed by atoms with Gasteiger partial charge in [-0.05, 0) is 77.0 Å². The van der Waals surface area contributed by atoms with Gasteiger partial charge < -0.3 is 25.2 Å². The number of carbonyl (C=O) groups is 2. The predicted molar refractivity (Wildman–Crippen MR) is 272 cm³/mol.